The van der Waals surface area contributed by atoms with Crippen LogP contribution in [0.5, 0.6) is 0 Å². The zero-order valence-electron chi connectivity index (χ0n) is 12.1. The van der Waals surface area contributed by atoms with Crippen molar-refractivity contribution >= 4 is 20.0 Å². The van der Waals surface area contributed by atoms with Crippen LogP contribution >= 0.6 is 0 Å². The summed E-state index contributed by atoms with van der Waals surface area (Å²) >= 11 is 0. The summed E-state index contributed by atoms with van der Waals surface area (Å²) in [6, 6.07) is 12.5. The van der Waals surface area contributed by atoms with Gasteiger partial charge in [-0.1, -0.05) is 24.3 Å². The van der Waals surface area contributed by atoms with Crippen LogP contribution in [0.3, 0.4) is 0 Å². The van der Waals surface area contributed by atoms with E-state index in [4.69, 9.17) is 10.3 Å². The van der Waals surface area contributed by atoms with E-state index in [2.05, 4.69) is 5.32 Å². The third kappa shape index (κ3) is 5.12. The minimum absolute atomic E-state index is 0.0693. The van der Waals surface area contributed by atoms with Crippen molar-refractivity contribution in [2.24, 2.45) is 10.3 Å². The number of benzene rings is 2. The van der Waals surface area contributed by atoms with Gasteiger partial charge in [0.1, 0.15) is 0 Å². The number of hydrogen-bond acceptors (Lipinski definition) is 5. The van der Waals surface area contributed by atoms with Crippen molar-refractivity contribution in [3.63, 3.8) is 0 Å². The third-order valence-electron chi connectivity index (χ3n) is 3.16. The molecule has 0 saturated heterocycles. The van der Waals surface area contributed by atoms with E-state index in [-0.39, 0.29) is 9.79 Å². The van der Waals surface area contributed by atoms with Gasteiger partial charge in [0.15, 0.2) is 0 Å². The SMILES string of the molecule is NS(=O)(=O)c1ccc(CNCc2ccc(S(N)(=O)=O)cc2)cc1. The van der Waals surface area contributed by atoms with Crippen LogP contribution in [0.1, 0.15) is 11.1 Å². The van der Waals surface area contributed by atoms with Crippen molar-refractivity contribution < 1.29 is 16.8 Å². The predicted molar refractivity (Wildman–Crippen MR) is 86.2 cm³/mol. The molecule has 0 atom stereocenters. The molecular formula is C14H17N3O4S2. The topological polar surface area (TPSA) is 132 Å². The van der Waals surface area contributed by atoms with E-state index in [1.165, 1.54) is 24.3 Å². The van der Waals surface area contributed by atoms with E-state index >= 15 is 0 Å². The van der Waals surface area contributed by atoms with E-state index in [0.717, 1.165) is 11.1 Å². The smallest absolute Gasteiger partial charge is 0.238 e. The summed E-state index contributed by atoms with van der Waals surface area (Å²) in [4.78, 5) is 0.139. The number of nitrogens with two attached hydrogens (primary N) is 2. The predicted octanol–water partition coefficient (Wildman–Crippen LogP) is 0.271. The Morgan fingerprint density at radius 2 is 0.957 bits per heavy atom. The highest BCUT2D eigenvalue weighted by Gasteiger charge is 2.07. The van der Waals surface area contributed by atoms with Gasteiger partial charge in [-0.2, -0.15) is 0 Å². The van der Waals surface area contributed by atoms with Crippen molar-refractivity contribution in [3.05, 3.63) is 59.7 Å². The third-order valence-corrected chi connectivity index (χ3v) is 5.02. The molecule has 2 aromatic carbocycles. The first-order valence-electron chi connectivity index (χ1n) is 6.60. The van der Waals surface area contributed by atoms with Gasteiger partial charge in [0.05, 0.1) is 9.79 Å². The zero-order chi connectivity index (χ0) is 17.1. The lowest BCUT2D eigenvalue weighted by Crippen LogP contribution is -2.15. The second-order valence-corrected chi connectivity index (χ2v) is 8.10. The molecule has 0 aromatic heterocycles. The number of sulfonamides is 2. The van der Waals surface area contributed by atoms with Crippen molar-refractivity contribution in [3.8, 4) is 0 Å². The summed E-state index contributed by atoms with van der Waals surface area (Å²) in [5.41, 5.74) is 1.80. The van der Waals surface area contributed by atoms with Gasteiger partial charge in [-0.15, -0.1) is 0 Å². The van der Waals surface area contributed by atoms with E-state index in [0.29, 0.717) is 13.1 Å². The van der Waals surface area contributed by atoms with Gasteiger partial charge in [-0.3, -0.25) is 0 Å². The Balaban J connectivity index is 1.92. The van der Waals surface area contributed by atoms with Crippen LogP contribution < -0.4 is 15.6 Å². The molecule has 0 aliphatic rings. The van der Waals surface area contributed by atoms with Gasteiger partial charge >= 0.3 is 0 Å². The number of nitrogens with one attached hydrogen (secondary N) is 1. The van der Waals surface area contributed by atoms with Crippen LogP contribution in [0.15, 0.2) is 58.3 Å². The Morgan fingerprint density at radius 1 is 0.652 bits per heavy atom. The van der Waals surface area contributed by atoms with Crippen LogP contribution in [-0.2, 0) is 33.1 Å². The maximum Gasteiger partial charge on any atom is 0.238 e. The first kappa shape index (κ1) is 17.6. The van der Waals surface area contributed by atoms with Crippen LogP contribution in [0.25, 0.3) is 0 Å². The molecule has 0 heterocycles. The van der Waals surface area contributed by atoms with Crippen molar-refractivity contribution in [1.82, 2.24) is 5.32 Å². The largest absolute Gasteiger partial charge is 0.309 e. The Bertz CT molecular complexity index is 799. The van der Waals surface area contributed by atoms with Gasteiger partial charge in [0.2, 0.25) is 20.0 Å². The fraction of sp³-hybridized carbons (Fsp3) is 0.143. The van der Waals surface area contributed by atoms with E-state index in [1.807, 2.05) is 0 Å². The highest BCUT2D eigenvalue weighted by Crippen LogP contribution is 2.10. The van der Waals surface area contributed by atoms with Gasteiger partial charge < -0.3 is 5.32 Å². The Morgan fingerprint density at radius 3 is 1.22 bits per heavy atom. The number of rotatable bonds is 6. The van der Waals surface area contributed by atoms with Crippen LogP contribution in [-0.4, -0.2) is 16.8 Å². The molecule has 0 bridgehead atoms. The highest BCUT2D eigenvalue weighted by atomic mass is 32.2. The Labute approximate surface area is 135 Å². The lowest BCUT2D eigenvalue weighted by molar-refractivity contribution is 0.596. The lowest BCUT2D eigenvalue weighted by Gasteiger charge is -2.07. The monoisotopic (exact) mass is 355 g/mol. The molecule has 0 unspecified atom stereocenters. The highest BCUT2D eigenvalue weighted by molar-refractivity contribution is 7.89. The number of primary sulfonamides is 2. The average molecular weight is 355 g/mol. The molecule has 124 valence electrons. The number of hydrogen-bond donors (Lipinski definition) is 3. The minimum Gasteiger partial charge on any atom is -0.309 e. The summed E-state index contributed by atoms with van der Waals surface area (Å²) in [6.45, 7) is 1.06. The van der Waals surface area contributed by atoms with Crippen LogP contribution in [0.2, 0.25) is 0 Å². The molecule has 0 radical (unpaired) electrons. The fourth-order valence-corrected chi connectivity index (χ4v) is 2.98. The Hall–Kier alpha value is -1.78. The molecule has 0 spiro atoms. The molecule has 0 aliphatic heterocycles. The standard InChI is InChI=1S/C14H17N3O4S2/c15-22(18,19)13-5-1-11(2-6-13)9-17-10-12-3-7-14(8-4-12)23(16,20)21/h1-8,17H,9-10H2,(H2,15,18,19)(H2,16,20,21). The second-order valence-electron chi connectivity index (χ2n) is 4.98. The van der Waals surface area contributed by atoms with E-state index in [9.17, 15) is 16.8 Å². The van der Waals surface area contributed by atoms with E-state index < -0.39 is 20.0 Å². The summed E-state index contributed by atoms with van der Waals surface area (Å²) < 4.78 is 44.6. The minimum atomic E-state index is -3.68. The Kier molecular flexibility index (Phi) is 5.17. The average Bonchev–Trinajstić information content (AvgIpc) is 2.46. The molecule has 0 amide bonds. The maximum atomic E-state index is 11.2. The lowest BCUT2D eigenvalue weighted by atomic mass is 10.2. The molecular weight excluding hydrogens is 338 g/mol. The van der Waals surface area contributed by atoms with Gasteiger partial charge in [-0.05, 0) is 35.4 Å². The van der Waals surface area contributed by atoms with E-state index in [1.54, 1.807) is 24.3 Å². The maximum absolute atomic E-state index is 11.2. The van der Waals surface area contributed by atoms with Crippen molar-refractivity contribution in [2.75, 3.05) is 0 Å². The van der Waals surface area contributed by atoms with Gasteiger partial charge in [0, 0.05) is 13.1 Å². The van der Waals surface area contributed by atoms with Gasteiger partial charge in [0.25, 0.3) is 0 Å². The van der Waals surface area contributed by atoms with Gasteiger partial charge in [-0.25, -0.2) is 27.1 Å². The molecule has 7 nitrogen and oxygen atoms in total. The molecule has 9 heteroatoms. The van der Waals surface area contributed by atoms with Crippen LogP contribution in [0.4, 0.5) is 0 Å². The normalized spacial score (nSPS) is 12.3. The quantitative estimate of drug-likeness (QED) is 0.684. The summed E-state index contributed by atoms with van der Waals surface area (Å²) in [7, 11) is -7.36. The second kappa shape index (κ2) is 6.77. The summed E-state index contributed by atoms with van der Waals surface area (Å²) in [6.07, 6.45) is 0. The molecule has 23 heavy (non-hydrogen) atoms. The molecule has 2 aromatic rings. The van der Waals surface area contributed by atoms with Crippen LogP contribution in [0, 0.1) is 0 Å². The zero-order valence-corrected chi connectivity index (χ0v) is 13.8. The molecule has 0 fully saturated rings. The summed E-state index contributed by atoms with van der Waals surface area (Å²) in [5, 5.41) is 13.2. The molecule has 5 N–H and O–H groups in total. The molecule has 0 aliphatic carbocycles. The van der Waals surface area contributed by atoms with Crippen molar-refractivity contribution in [2.45, 2.75) is 22.9 Å². The fourth-order valence-electron chi connectivity index (χ4n) is 1.95. The van der Waals surface area contributed by atoms with Crippen molar-refractivity contribution in [1.29, 1.82) is 0 Å². The summed E-state index contributed by atoms with van der Waals surface area (Å²) in [5.74, 6) is 0. The first-order valence-corrected chi connectivity index (χ1v) is 9.70. The first-order chi connectivity index (χ1) is 10.7. The molecule has 2 rings (SSSR count). The molecule has 0 saturated carbocycles.